The Morgan fingerprint density at radius 3 is 2.57 bits per heavy atom. The maximum atomic E-state index is 13.0. The fourth-order valence-electron chi connectivity index (χ4n) is 6.29. The van der Waals surface area contributed by atoms with Crippen molar-refractivity contribution in [3.8, 4) is 23.0 Å². The summed E-state index contributed by atoms with van der Waals surface area (Å²) in [6, 6.07) is 11.1. The summed E-state index contributed by atoms with van der Waals surface area (Å²) in [5, 5.41) is 12.4. The van der Waals surface area contributed by atoms with Crippen molar-refractivity contribution in [2.75, 3.05) is 19.7 Å². The van der Waals surface area contributed by atoms with E-state index < -0.39 is 17.9 Å². The van der Waals surface area contributed by atoms with Crippen molar-refractivity contribution in [1.82, 2.24) is 39.8 Å². The molecule has 2 unspecified atom stereocenters. The second-order valence-corrected chi connectivity index (χ2v) is 12.5. The van der Waals surface area contributed by atoms with E-state index in [0.717, 1.165) is 49.5 Å². The van der Waals surface area contributed by atoms with E-state index in [1.807, 2.05) is 23.6 Å². The fraction of sp³-hybridized carbons (Fsp3) is 0.419. The van der Waals surface area contributed by atoms with Crippen LogP contribution >= 0.6 is 11.6 Å². The number of para-hydroxylation sites is 1. The number of nitrogens with zero attached hydrogens (tertiary/aromatic N) is 8. The number of alkyl halides is 3. The first-order chi connectivity index (χ1) is 22.6. The van der Waals surface area contributed by atoms with Crippen molar-refractivity contribution in [2.24, 2.45) is 0 Å². The van der Waals surface area contributed by atoms with Crippen molar-refractivity contribution in [3.63, 3.8) is 0 Å². The summed E-state index contributed by atoms with van der Waals surface area (Å²) >= 11 is 6.04. The van der Waals surface area contributed by atoms with Gasteiger partial charge in [-0.2, -0.15) is 18.2 Å². The summed E-state index contributed by atoms with van der Waals surface area (Å²) in [5.41, 5.74) is 2.77. The minimum absolute atomic E-state index is 0.0288. The Bertz CT molecular complexity index is 1940. The van der Waals surface area contributed by atoms with Crippen LogP contribution in [0.2, 0.25) is 5.02 Å². The van der Waals surface area contributed by atoms with E-state index in [9.17, 15) is 13.2 Å². The number of hydrogen-bond donors (Lipinski definition) is 0. The molecule has 1 aromatic carbocycles. The molecule has 2 saturated heterocycles. The molecule has 5 aromatic rings. The Kier molecular flexibility index (Phi) is 7.29. The molecule has 0 bridgehead atoms. The molecule has 2 fully saturated rings. The molecule has 2 atom stereocenters. The molecular formula is C31H28ClF3N8O4. The molecule has 0 N–H and O–H groups in total. The highest BCUT2D eigenvalue weighted by atomic mass is 35.5. The number of imidazole rings is 1. The fourth-order valence-corrected chi connectivity index (χ4v) is 6.40. The van der Waals surface area contributed by atoms with Crippen LogP contribution in [0, 0.1) is 0 Å². The zero-order valence-electron chi connectivity index (χ0n) is 25.1. The molecule has 0 amide bonds. The first kappa shape index (κ1) is 30.0. The number of pyridine rings is 1. The number of benzene rings is 1. The number of rotatable bonds is 7. The highest BCUT2D eigenvalue weighted by Crippen LogP contribution is 2.49. The third-order valence-corrected chi connectivity index (χ3v) is 9.07. The molecule has 12 nitrogen and oxygen atoms in total. The number of halogens is 4. The minimum atomic E-state index is -4.76. The van der Waals surface area contributed by atoms with Gasteiger partial charge < -0.3 is 23.3 Å². The van der Waals surface area contributed by atoms with Gasteiger partial charge in [0.25, 0.3) is 5.79 Å². The van der Waals surface area contributed by atoms with Gasteiger partial charge in [-0.1, -0.05) is 28.9 Å². The molecule has 0 saturated carbocycles. The van der Waals surface area contributed by atoms with Gasteiger partial charge in [0.05, 0.1) is 24.2 Å². The van der Waals surface area contributed by atoms with Crippen LogP contribution in [0.1, 0.15) is 55.1 Å². The second kappa shape index (κ2) is 11.4. The lowest BCUT2D eigenvalue weighted by Crippen LogP contribution is -2.35. The molecule has 8 rings (SSSR count). The van der Waals surface area contributed by atoms with Crippen molar-refractivity contribution >= 4 is 22.8 Å². The third-order valence-electron chi connectivity index (χ3n) is 8.84. The van der Waals surface area contributed by atoms with Crippen molar-refractivity contribution in [3.05, 3.63) is 70.6 Å². The average molecular weight is 669 g/mol. The molecule has 47 heavy (non-hydrogen) atoms. The summed E-state index contributed by atoms with van der Waals surface area (Å²) in [5.74, 6) is -0.347. The molecule has 0 radical (unpaired) electrons. The smallest absolute Gasteiger partial charge is 0.443 e. The molecule has 244 valence electrons. The molecule has 0 aliphatic carbocycles. The van der Waals surface area contributed by atoms with Gasteiger partial charge in [-0.3, -0.25) is 9.88 Å². The first-order valence-electron chi connectivity index (χ1n) is 15.2. The highest BCUT2D eigenvalue weighted by Gasteiger charge is 2.42. The largest absolute Gasteiger partial charge is 0.471 e. The Hall–Kier alpha value is -4.34. The Morgan fingerprint density at radius 1 is 1.04 bits per heavy atom. The summed E-state index contributed by atoms with van der Waals surface area (Å²) in [4.78, 5) is 15.0. The lowest BCUT2D eigenvalue weighted by molar-refractivity contribution is -0.159. The van der Waals surface area contributed by atoms with Crippen LogP contribution in [0.3, 0.4) is 0 Å². The van der Waals surface area contributed by atoms with Gasteiger partial charge in [-0.25, -0.2) is 4.98 Å². The highest BCUT2D eigenvalue weighted by molar-refractivity contribution is 6.30. The van der Waals surface area contributed by atoms with E-state index in [1.165, 1.54) is 6.07 Å². The SMILES string of the molecule is CC1(c2ccc(Cl)cn2)Oc2cccc(C3CCN(Cc4nc5cc(-c6noc(C(F)(F)F)n6)nnc5n4CC4CCO4)CC3)c2O1. The molecule has 4 aromatic heterocycles. The van der Waals surface area contributed by atoms with Crippen LogP contribution in [0.5, 0.6) is 11.5 Å². The summed E-state index contributed by atoms with van der Waals surface area (Å²) in [6.07, 6.45) is -0.449. The zero-order valence-corrected chi connectivity index (χ0v) is 25.8. The Balaban J connectivity index is 0.996. The van der Waals surface area contributed by atoms with Crippen molar-refractivity contribution in [1.29, 1.82) is 0 Å². The maximum Gasteiger partial charge on any atom is 0.471 e. The molecule has 0 spiro atoms. The maximum absolute atomic E-state index is 13.0. The number of fused-ring (bicyclic) bond motifs is 2. The lowest BCUT2D eigenvalue weighted by atomic mass is 9.88. The number of aromatic nitrogens is 7. The van der Waals surface area contributed by atoms with Gasteiger partial charge in [-0.15, -0.1) is 10.2 Å². The zero-order chi connectivity index (χ0) is 32.3. The molecule has 3 aliphatic heterocycles. The van der Waals surface area contributed by atoms with Crippen molar-refractivity contribution < 1.29 is 31.9 Å². The Labute approximate surface area is 270 Å². The monoisotopic (exact) mass is 668 g/mol. The van der Waals surface area contributed by atoms with Gasteiger partial charge in [0, 0.05) is 25.3 Å². The van der Waals surface area contributed by atoms with E-state index in [-0.39, 0.29) is 23.5 Å². The molecular weight excluding hydrogens is 641 g/mol. The van der Waals surface area contributed by atoms with Crippen LogP contribution in [0.25, 0.3) is 22.7 Å². The second-order valence-electron chi connectivity index (χ2n) is 12.0. The van der Waals surface area contributed by atoms with Gasteiger partial charge >= 0.3 is 12.1 Å². The number of likely N-dealkylation sites (tertiary alicyclic amines) is 1. The van der Waals surface area contributed by atoms with E-state index in [4.69, 9.17) is 30.8 Å². The summed E-state index contributed by atoms with van der Waals surface area (Å²) < 4.78 is 63.8. The standard InChI is InChI=1S/C31H28ClF3N8O4/c1-30(24-6-5-18(32)14-36-24)45-23-4-2-3-20(26(23)46-30)17-7-10-42(11-8-17)16-25-37-22-13-21(27-38-29(47-41-27)31(33,34)35)39-40-28(22)43(25)15-19-9-12-44-19/h2-6,13-14,17,19H,7-12,15-16H2,1H3. The number of hydrogen-bond acceptors (Lipinski definition) is 11. The predicted molar refractivity (Wildman–Crippen MR) is 160 cm³/mol. The minimum Gasteiger partial charge on any atom is -0.443 e. The topological polar surface area (TPSA) is 126 Å². The van der Waals surface area contributed by atoms with Crippen LogP contribution in [0.4, 0.5) is 13.2 Å². The van der Waals surface area contributed by atoms with E-state index in [0.29, 0.717) is 47.3 Å². The van der Waals surface area contributed by atoms with Gasteiger partial charge in [0.1, 0.15) is 22.7 Å². The van der Waals surface area contributed by atoms with E-state index in [2.05, 4.69) is 40.8 Å². The van der Waals surface area contributed by atoms with Gasteiger partial charge in [0.15, 0.2) is 17.1 Å². The summed E-state index contributed by atoms with van der Waals surface area (Å²) in [6.45, 7) is 5.28. The third kappa shape index (κ3) is 5.65. The van der Waals surface area contributed by atoms with E-state index >= 15 is 0 Å². The summed E-state index contributed by atoms with van der Waals surface area (Å²) in [7, 11) is 0. The quantitative estimate of drug-likeness (QED) is 0.210. The lowest BCUT2D eigenvalue weighted by Gasteiger charge is -2.33. The average Bonchev–Trinajstić information content (AvgIpc) is 3.75. The molecule has 16 heteroatoms. The van der Waals surface area contributed by atoms with Crippen LogP contribution < -0.4 is 9.47 Å². The molecule has 3 aliphatic rings. The van der Waals surface area contributed by atoms with Crippen LogP contribution in [-0.4, -0.2) is 65.6 Å². The van der Waals surface area contributed by atoms with Crippen LogP contribution in [-0.2, 0) is 29.8 Å². The molecule has 7 heterocycles. The van der Waals surface area contributed by atoms with Crippen molar-refractivity contribution in [2.45, 2.75) is 63.3 Å². The van der Waals surface area contributed by atoms with Gasteiger partial charge in [0.2, 0.25) is 5.82 Å². The van der Waals surface area contributed by atoms with E-state index in [1.54, 1.807) is 18.3 Å². The normalized spacial score (nSPS) is 21.8. The van der Waals surface area contributed by atoms with Gasteiger partial charge in [-0.05, 0) is 62.5 Å². The number of ether oxygens (including phenoxy) is 3. The predicted octanol–water partition coefficient (Wildman–Crippen LogP) is 5.76. The Morgan fingerprint density at radius 2 is 1.87 bits per heavy atom. The number of piperidine rings is 1. The van der Waals surface area contributed by atoms with Crippen LogP contribution in [0.15, 0.2) is 47.1 Å². The first-order valence-corrected chi connectivity index (χ1v) is 15.6.